The van der Waals surface area contributed by atoms with Crippen LogP contribution in [0.4, 0.5) is 5.69 Å². The molecule has 0 spiro atoms. The lowest BCUT2D eigenvalue weighted by molar-refractivity contribution is -0.140. The molecule has 0 fully saturated rings. The fourth-order valence-corrected chi connectivity index (χ4v) is 6.99. The molecule has 4 aromatic carbocycles. The Balaban J connectivity index is 1.83. The molecule has 9 heteroatoms. The number of benzene rings is 4. The monoisotopic (exact) mass is 689 g/mol. The maximum absolute atomic E-state index is 14.6. The van der Waals surface area contributed by atoms with Crippen LogP contribution in [0.25, 0.3) is 0 Å². The molecule has 0 aromatic heterocycles. The number of sulfonamides is 1. The van der Waals surface area contributed by atoms with E-state index < -0.39 is 28.5 Å². The van der Waals surface area contributed by atoms with E-state index in [4.69, 9.17) is 0 Å². The highest BCUT2D eigenvalue weighted by atomic mass is 79.9. The van der Waals surface area contributed by atoms with Gasteiger partial charge in [-0.1, -0.05) is 95.7 Å². The number of carbonyl (C=O) groups excluding carboxylic acids is 2. The van der Waals surface area contributed by atoms with E-state index in [1.165, 1.54) is 21.3 Å². The van der Waals surface area contributed by atoms with Crippen LogP contribution in [0.5, 0.6) is 0 Å². The molecule has 2 atom stereocenters. The third-order valence-electron chi connectivity index (χ3n) is 7.76. The van der Waals surface area contributed by atoms with Gasteiger partial charge in [0, 0.05) is 23.5 Å². The van der Waals surface area contributed by atoms with Crippen LogP contribution >= 0.6 is 15.9 Å². The van der Waals surface area contributed by atoms with Crippen LogP contribution in [-0.2, 0) is 32.6 Å². The topological polar surface area (TPSA) is 86.8 Å². The summed E-state index contributed by atoms with van der Waals surface area (Å²) in [6, 6.07) is 29.7. The fraction of sp³-hybridized carbons (Fsp3) is 0.278. The van der Waals surface area contributed by atoms with Gasteiger partial charge in [-0.2, -0.15) is 0 Å². The van der Waals surface area contributed by atoms with Crippen LogP contribution in [0.1, 0.15) is 42.5 Å². The van der Waals surface area contributed by atoms with E-state index in [1.54, 1.807) is 24.3 Å². The van der Waals surface area contributed by atoms with Gasteiger partial charge in [0.1, 0.15) is 12.6 Å². The van der Waals surface area contributed by atoms with Crippen molar-refractivity contribution in [3.63, 3.8) is 0 Å². The third kappa shape index (κ3) is 8.83. The Morgan fingerprint density at radius 2 is 1.49 bits per heavy atom. The first-order valence-electron chi connectivity index (χ1n) is 15.0. The van der Waals surface area contributed by atoms with Crippen molar-refractivity contribution in [1.29, 1.82) is 0 Å². The Kier molecular flexibility index (Phi) is 11.6. The number of nitrogens with one attached hydrogen (secondary N) is 1. The minimum absolute atomic E-state index is 0.0765. The minimum Gasteiger partial charge on any atom is -0.352 e. The van der Waals surface area contributed by atoms with Gasteiger partial charge < -0.3 is 10.2 Å². The number of anilines is 1. The van der Waals surface area contributed by atoms with Gasteiger partial charge in [-0.25, -0.2) is 8.42 Å². The first kappa shape index (κ1) is 33.9. The molecule has 0 radical (unpaired) electrons. The van der Waals surface area contributed by atoms with Crippen molar-refractivity contribution < 1.29 is 18.0 Å². The van der Waals surface area contributed by atoms with Crippen molar-refractivity contribution in [2.45, 2.75) is 64.1 Å². The third-order valence-corrected chi connectivity index (χ3v) is 10.0. The van der Waals surface area contributed by atoms with Crippen LogP contribution in [-0.4, -0.2) is 43.8 Å². The van der Waals surface area contributed by atoms with E-state index in [1.807, 2.05) is 94.4 Å². The Labute approximate surface area is 275 Å². The van der Waals surface area contributed by atoms with Crippen molar-refractivity contribution in [2.75, 3.05) is 10.8 Å². The molecule has 0 bridgehead atoms. The van der Waals surface area contributed by atoms with Gasteiger partial charge in [-0.15, -0.1) is 0 Å². The maximum atomic E-state index is 14.6. The zero-order chi connectivity index (χ0) is 32.6. The van der Waals surface area contributed by atoms with Gasteiger partial charge in [-0.05, 0) is 79.8 Å². The van der Waals surface area contributed by atoms with Gasteiger partial charge >= 0.3 is 0 Å². The lowest BCUT2D eigenvalue weighted by atomic mass is 10.0. The predicted octanol–water partition coefficient (Wildman–Crippen LogP) is 6.82. The van der Waals surface area contributed by atoms with Crippen LogP contribution in [0.2, 0.25) is 0 Å². The van der Waals surface area contributed by atoms with Crippen LogP contribution in [0.3, 0.4) is 0 Å². The summed E-state index contributed by atoms with van der Waals surface area (Å²) in [5.74, 6) is -0.781. The molecule has 0 saturated heterocycles. The van der Waals surface area contributed by atoms with Crippen LogP contribution < -0.4 is 9.62 Å². The molecule has 4 aromatic rings. The highest BCUT2D eigenvalue weighted by Gasteiger charge is 2.35. The van der Waals surface area contributed by atoms with E-state index in [0.29, 0.717) is 11.3 Å². The highest BCUT2D eigenvalue weighted by molar-refractivity contribution is 9.10. The number of hydrogen-bond donors (Lipinski definition) is 1. The SMILES string of the molecule is CC[C@H](C)NC(=O)[C@H](Cc1ccccc1)N(Cc1cccc(Br)c1)C(=O)CN(c1cc(C)ccc1C)S(=O)(=O)c1ccccc1. The van der Waals surface area contributed by atoms with Crippen molar-refractivity contribution in [3.05, 3.63) is 130 Å². The smallest absolute Gasteiger partial charge is 0.264 e. The summed E-state index contributed by atoms with van der Waals surface area (Å²) < 4.78 is 30.4. The van der Waals surface area contributed by atoms with E-state index >= 15 is 0 Å². The molecule has 4 rings (SSSR count). The lowest BCUT2D eigenvalue weighted by Crippen LogP contribution is -2.54. The van der Waals surface area contributed by atoms with E-state index in [2.05, 4.69) is 21.2 Å². The summed E-state index contributed by atoms with van der Waals surface area (Å²) in [6.07, 6.45) is 0.983. The molecule has 236 valence electrons. The molecule has 7 nitrogen and oxygen atoms in total. The molecular weight excluding hydrogens is 650 g/mol. The molecule has 45 heavy (non-hydrogen) atoms. The number of amides is 2. The minimum atomic E-state index is -4.15. The summed E-state index contributed by atoms with van der Waals surface area (Å²) in [7, 11) is -4.15. The normalized spacial score (nSPS) is 12.6. The number of rotatable bonds is 13. The molecule has 0 aliphatic heterocycles. The first-order valence-corrected chi connectivity index (χ1v) is 17.3. The molecule has 0 aliphatic carbocycles. The largest absolute Gasteiger partial charge is 0.352 e. The van der Waals surface area contributed by atoms with Gasteiger partial charge in [0.2, 0.25) is 11.8 Å². The zero-order valence-corrected chi connectivity index (χ0v) is 28.5. The van der Waals surface area contributed by atoms with Crippen LogP contribution in [0.15, 0.2) is 112 Å². The quantitative estimate of drug-likeness (QED) is 0.167. The number of hydrogen-bond acceptors (Lipinski definition) is 4. The van der Waals surface area contributed by atoms with Crippen molar-refractivity contribution in [2.24, 2.45) is 0 Å². The second-order valence-electron chi connectivity index (χ2n) is 11.3. The molecule has 0 unspecified atom stereocenters. The van der Waals surface area contributed by atoms with E-state index in [-0.39, 0.29) is 29.8 Å². The molecule has 1 N–H and O–H groups in total. The van der Waals surface area contributed by atoms with Crippen molar-refractivity contribution in [1.82, 2.24) is 10.2 Å². The summed E-state index contributed by atoms with van der Waals surface area (Å²) >= 11 is 3.52. The average molecular weight is 691 g/mol. The van der Waals surface area contributed by atoms with Gasteiger partial charge in [0.25, 0.3) is 10.0 Å². The summed E-state index contributed by atoms with van der Waals surface area (Å²) in [5, 5.41) is 3.07. The summed E-state index contributed by atoms with van der Waals surface area (Å²) in [6.45, 7) is 7.23. The first-order chi connectivity index (χ1) is 21.5. The summed E-state index contributed by atoms with van der Waals surface area (Å²) in [5.41, 5.74) is 3.67. The maximum Gasteiger partial charge on any atom is 0.264 e. The van der Waals surface area contributed by atoms with Gasteiger partial charge in [0.05, 0.1) is 10.6 Å². The number of carbonyl (C=O) groups is 2. The highest BCUT2D eigenvalue weighted by Crippen LogP contribution is 2.29. The zero-order valence-electron chi connectivity index (χ0n) is 26.1. The summed E-state index contributed by atoms with van der Waals surface area (Å²) in [4.78, 5) is 30.2. The second-order valence-corrected chi connectivity index (χ2v) is 14.1. The van der Waals surface area contributed by atoms with Crippen LogP contribution in [0, 0.1) is 13.8 Å². The fourth-order valence-electron chi connectivity index (χ4n) is 5.05. The number of aryl methyl sites for hydroxylation is 2. The van der Waals surface area contributed by atoms with Crippen molar-refractivity contribution in [3.8, 4) is 0 Å². The van der Waals surface area contributed by atoms with E-state index in [9.17, 15) is 18.0 Å². The van der Waals surface area contributed by atoms with Gasteiger partial charge in [-0.3, -0.25) is 13.9 Å². The molecule has 0 heterocycles. The standard InChI is InChI=1S/C36H40BrN3O4S/c1-5-28(4)38-36(42)34(23-29-13-8-6-9-14-29)39(24-30-15-12-16-31(37)22-30)35(41)25-40(33-21-26(2)19-20-27(33)3)45(43,44)32-17-10-7-11-18-32/h6-22,28,34H,5,23-25H2,1-4H3,(H,38,42)/t28-,34-/m0/s1. The second kappa shape index (κ2) is 15.4. The van der Waals surface area contributed by atoms with Gasteiger partial charge in [0.15, 0.2) is 0 Å². The number of halogens is 1. The van der Waals surface area contributed by atoms with E-state index in [0.717, 1.165) is 27.6 Å². The molecule has 0 aliphatic rings. The molecular formula is C36H40BrN3O4S. The number of nitrogens with zero attached hydrogens (tertiary/aromatic N) is 2. The molecule has 0 saturated carbocycles. The average Bonchev–Trinajstić information content (AvgIpc) is 3.03. The Morgan fingerprint density at radius 1 is 0.844 bits per heavy atom. The molecule has 2 amide bonds. The van der Waals surface area contributed by atoms with Crippen molar-refractivity contribution >= 4 is 43.5 Å². The predicted molar refractivity (Wildman–Crippen MR) is 183 cm³/mol. The Morgan fingerprint density at radius 3 is 2.13 bits per heavy atom. The Bertz CT molecular complexity index is 1720. The lowest BCUT2D eigenvalue weighted by Gasteiger charge is -2.34. The Hall–Kier alpha value is -3.95.